The maximum Gasteiger partial charge on any atom is 0.312 e. The Morgan fingerprint density at radius 3 is 2.10 bits per heavy atom. The lowest BCUT2D eigenvalue weighted by Crippen LogP contribution is -2.13. The van der Waals surface area contributed by atoms with Gasteiger partial charge < -0.3 is 9.73 Å². The number of aliphatic imine (C=N–C) groups is 2. The van der Waals surface area contributed by atoms with Crippen molar-refractivity contribution in [1.29, 1.82) is 0 Å². The van der Waals surface area contributed by atoms with E-state index >= 15 is 0 Å². The lowest BCUT2D eigenvalue weighted by atomic mass is 10.1. The van der Waals surface area contributed by atoms with E-state index in [0.29, 0.717) is 5.56 Å². The van der Waals surface area contributed by atoms with Crippen LogP contribution in [0, 0.1) is 5.82 Å². The average molecular weight is 433 g/mol. The van der Waals surface area contributed by atoms with Crippen molar-refractivity contribution in [2.75, 3.05) is 14.1 Å². The SMILES string of the molecule is C/C=C(\C)c1cccc(F)c1.C=C(OC(=NC)C(F)F)c1ccc(CC)cc1.C=NC. The molecular formula is C25H31F3N2O. The first kappa shape index (κ1) is 27.8. The molecule has 0 atom stereocenters. The summed E-state index contributed by atoms with van der Waals surface area (Å²) in [6, 6.07) is 14.0. The predicted octanol–water partition coefficient (Wildman–Crippen LogP) is 7.10. The van der Waals surface area contributed by atoms with Gasteiger partial charge in [0.25, 0.3) is 5.90 Å². The molecule has 0 unspecified atom stereocenters. The molecule has 31 heavy (non-hydrogen) atoms. The second-order valence-corrected chi connectivity index (χ2v) is 6.24. The molecular weight excluding hydrogens is 401 g/mol. The van der Waals surface area contributed by atoms with Crippen LogP contribution in [0.3, 0.4) is 0 Å². The van der Waals surface area contributed by atoms with E-state index in [-0.39, 0.29) is 11.6 Å². The van der Waals surface area contributed by atoms with Gasteiger partial charge in [-0.05, 0) is 55.8 Å². The standard InChI is InChI=1S/C13H15F2NO.C10H11F.C2H5N/c1-4-10-5-7-11(8-6-10)9(2)17-13(16-3)12(14)15;1-3-8(2)9-5-4-6-10(11)7-9;1-3-2/h5-8,12H,2,4H2,1,3H3;3-7H,1-2H3;1H2,2H3/b;8-3+;. The number of halogens is 3. The summed E-state index contributed by atoms with van der Waals surface area (Å²) in [5.41, 5.74) is 3.89. The minimum Gasteiger partial charge on any atom is -0.438 e. The third kappa shape index (κ3) is 11.0. The summed E-state index contributed by atoms with van der Waals surface area (Å²) in [5.74, 6) is -0.619. The number of ether oxygens (including phenoxy) is 1. The number of alkyl halides is 2. The Morgan fingerprint density at radius 1 is 1.10 bits per heavy atom. The van der Waals surface area contributed by atoms with Gasteiger partial charge in [-0.25, -0.2) is 4.39 Å². The molecule has 0 radical (unpaired) electrons. The smallest absolute Gasteiger partial charge is 0.312 e. The topological polar surface area (TPSA) is 34.0 Å². The Kier molecular flexibility index (Phi) is 14.1. The van der Waals surface area contributed by atoms with E-state index in [4.69, 9.17) is 4.74 Å². The van der Waals surface area contributed by atoms with Crippen molar-refractivity contribution in [2.24, 2.45) is 9.98 Å². The van der Waals surface area contributed by atoms with E-state index in [1.54, 1.807) is 25.2 Å². The molecule has 168 valence electrons. The highest BCUT2D eigenvalue weighted by Gasteiger charge is 2.15. The molecule has 2 aromatic carbocycles. The first-order valence-corrected chi connectivity index (χ1v) is 9.68. The van der Waals surface area contributed by atoms with Crippen LogP contribution in [0.5, 0.6) is 0 Å². The van der Waals surface area contributed by atoms with Gasteiger partial charge in [0.1, 0.15) is 11.6 Å². The van der Waals surface area contributed by atoms with Gasteiger partial charge in [-0.15, -0.1) is 0 Å². The van der Waals surface area contributed by atoms with Gasteiger partial charge in [0.15, 0.2) is 0 Å². The molecule has 0 saturated carbocycles. The number of nitrogens with zero attached hydrogens (tertiary/aromatic N) is 2. The van der Waals surface area contributed by atoms with Crippen LogP contribution in [-0.4, -0.2) is 33.1 Å². The van der Waals surface area contributed by atoms with Gasteiger partial charge in [0.2, 0.25) is 0 Å². The minimum absolute atomic E-state index is 0.175. The van der Waals surface area contributed by atoms with Crippen LogP contribution in [0.25, 0.3) is 11.3 Å². The zero-order chi connectivity index (χ0) is 23.8. The van der Waals surface area contributed by atoms with Crippen LogP contribution >= 0.6 is 0 Å². The van der Waals surface area contributed by atoms with E-state index in [9.17, 15) is 13.2 Å². The van der Waals surface area contributed by atoms with Gasteiger partial charge in [0, 0.05) is 19.7 Å². The molecule has 0 heterocycles. The molecule has 0 spiro atoms. The van der Waals surface area contributed by atoms with Crippen LogP contribution in [-0.2, 0) is 11.2 Å². The van der Waals surface area contributed by atoms with E-state index in [1.165, 1.54) is 24.7 Å². The van der Waals surface area contributed by atoms with Gasteiger partial charge >= 0.3 is 6.43 Å². The first-order chi connectivity index (χ1) is 14.7. The second-order valence-electron chi connectivity index (χ2n) is 6.24. The van der Waals surface area contributed by atoms with Crippen LogP contribution in [0.15, 0.2) is 71.2 Å². The molecule has 0 bridgehead atoms. The van der Waals surface area contributed by atoms with Crippen molar-refractivity contribution in [3.63, 3.8) is 0 Å². The number of benzene rings is 2. The molecule has 0 saturated heterocycles. The monoisotopic (exact) mass is 432 g/mol. The van der Waals surface area contributed by atoms with Gasteiger partial charge in [-0.2, -0.15) is 8.78 Å². The largest absolute Gasteiger partial charge is 0.438 e. The summed E-state index contributed by atoms with van der Waals surface area (Å²) in [5, 5.41) is 0. The van der Waals surface area contributed by atoms with Crippen molar-refractivity contribution in [3.05, 3.63) is 83.7 Å². The highest BCUT2D eigenvalue weighted by atomic mass is 19.3. The van der Waals surface area contributed by atoms with E-state index in [1.807, 2.05) is 45.0 Å². The first-order valence-electron chi connectivity index (χ1n) is 9.68. The van der Waals surface area contributed by atoms with Crippen molar-refractivity contribution in [3.8, 4) is 0 Å². The molecule has 0 aliphatic heterocycles. The number of allylic oxidation sites excluding steroid dienone is 2. The fourth-order valence-corrected chi connectivity index (χ4v) is 2.20. The summed E-state index contributed by atoms with van der Waals surface area (Å²) in [4.78, 5) is 6.62. The molecule has 2 aromatic rings. The fourth-order valence-electron chi connectivity index (χ4n) is 2.20. The summed E-state index contributed by atoms with van der Waals surface area (Å²) in [7, 11) is 2.90. The zero-order valence-corrected chi connectivity index (χ0v) is 18.8. The number of hydrogen-bond acceptors (Lipinski definition) is 3. The van der Waals surface area contributed by atoms with Crippen molar-refractivity contribution < 1.29 is 17.9 Å². The zero-order valence-electron chi connectivity index (χ0n) is 18.8. The highest BCUT2D eigenvalue weighted by molar-refractivity contribution is 5.84. The quantitative estimate of drug-likeness (QED) is 0.282. The Balaban J connectivity index is 0.000000551. The van der Waals surface area contributed by atoms with Gasteiger partial charge in [-0.1, -0.05) is 56.0 Å². The Labute approximate surface area is 183 Å². The van der Waals surface area contributed by atoms with Gasteiger partial charge in [-0.3, -0.25) is 4.99 Å². The molecule has 0 aliphatic carbocycles. The van der Waals surface area contributed by atoms with Crippen molar-refractivity contribution in [2.45, 2.75) is 33.6 Å². The third-order valence-corrected chi connectivity index (χ3v) is 4.03. The fraction of sp³-hybridized carbons (Fsp3) is 0.280. The number of aryl methyl sites for hydroxylation is 1. The van der Waals surface area contributed by atoms with Crippen molar-refractivity contribution in [1.82, 2.24) is 0 Å². The Morgan fingerprint density at radius 2 is 1.68 bits per heavy atom. The summed E-state index contributed by atoms with van der Waals surface area (Å²) < 4.78 is 42.4. The lowest BCUT2D eigenvalue weighted by molar-refractivity contribution is 0.196. The molecule has 0 aliphatic rings. The number of rotatable bonds is 5. The normalized spacial score (nSPS) is 11.0. The summed E-state index contributed by atoms with van der Waals surface area (Å²) in [6.07, 6.45) is 0.160. The lowest BCUT2D eigenvalue weighted by Gasteiger charge is -2.10. The molecule has 0 fully saturated rings. The Bertz CT molecular complexity index is 873. The van der Waals surface area contributed by atoms with E-state index < -0.39 is 12.3 Å². The van der Waals surface area contributed by atoms with Gasteiger partial charge in [0.05, 0.1) is 0 Å². The molecule has 3 nitrogen and oxygen atoms in total. The van der Waals surface area contributed by atoms with Crippen LogP contribution in [0.4, 0.5) is 13.2 Å². The molecule has 2 rings (SSSR count). The van der Waals surface area contributed by atoms with E-state index in [2.05, 4.69) is 23.3 Å². The minimum atomic E-state index is -2.73. The number of hydrogen-bond donors (Lipinski definition) is 0. The van der Waals surface area contributed by atoms with Crippen LogP contribution < -0.4 is 0 Å². The summed E-state index contributed by atoms with van der Waals surface area (Å²) >= 11 is 0. The Hall–Kier alpha value is -3.15. The summed E-state index contributed by atoms with van der Waals surface area (Å²) in [6.45, 7) is 12.7. The maximum absolute atomic E-state index is 12.6. The van der Waals surface area contributed by atoms with E-state index in [0.717, 1.165) is 17.6 Å². The van der Waals surface area contributed by atoms with Crippen molar-refractivity contribution >= 4 is 23.9 Å². The molecule has 6 heteroatoms. The van der Waals surface area contributed by atoms with Crippen LogP contribution in [0.2, 0.25) is 0 Å². The average Bonchev–Trinajstić information content (AvgIpc) is 2.77. The molecule has 0 N–H and O–H groups in total. The maximum atomic E-state index is 12.6. The highest BCUT2D eigenvalue weighted by Crippen LogP contribution is 2.17. The second kappa shape index (κ2) is 15.7. The third-order valence-electron chi connectivity index (χ3n) is 4.03. The molecule has 0 amide bonds. The molecule has 0 aromatic heterocycles. The van der Waals surface area contributed by atoms with Crippen LogP contribution in [0.1, 0.15) is 37.5 Å². The predicted molar refractivity (Wildman–Crippen MR) is 127 cm³/mol.